The van der Waals surface area contributed by atoms with Gasteiger partial charge in [-0.25, -0.2) is 0 Å². The van der Waals surface area contributed by atoms with Gasteiger partial charge in [-0.1, -0.05) is 11.6 Å². The molecule has 0 fully saturated rings. The van der Waals surface area contributed by atoms with Gasteiger partial charge in [0.1, 0.15) is 0 Å². The number of H-pyrrole nitrogens is 1. The van der Waals surface area contributed by atoms with Crippen molar-refractivity contribution < 1.29 is 9.85 Å². The Morgan fingerprint density at radius 2 is 2.00 bits per heavy atom. The van der Waals surface area contributed by atoms with Crippen LogP contribution in [0, 0.1) is 27.2 Å². The fraction of sp³-hybridized carbons (Fsp3) is 0.143. The first-order chi connectivity index (χ1) is 10.3. The van der Waals surface area contributed by atoms with Gasteiger partial charge >= 0.3 is 0 Å². The monoisotopic (exact) mass is 321 g/mol. The molecule has 0 atom stereocenters. The Hall–Kier alpha value is -2.67. The summed E-state index contributed by atoms with van der Waals surface area (Å²) in [4.78, 5) is 23.9. The van der Waals surface area contributed by atoms with Gasteiger partial charge < -0.3 is 4.98 Å². The van der Waals surface area contributed by atoms with Gasteiger partial charge in [0, 0.05) is 35.8 Å². The molecule has 1 aromatic carbocycles. The third kappa shape index (κ3) is 2.99. The first-order valence-corrected chi connectivity index (χ1v) is 6.64. The lowest BCUT2D eigenvalue weighted by atomic mass is 10.00. The van der Waals surface area contributed by atoms with Crippen LogP contribution >= 0.6 is 11.6 Å². The summed E-state index contributed by atoms with van der Waals surface area (Å²) in [5.74, 6) is 0. The molecule has 0 aliphatic rings. The molecule has 2 aromatic rings. The van der Waals surface area contributed by atoms with Crippen molar-refractivity contribution in [2.75, 3.05) is 0 Å². The maximum absolute atomic E-state index is 11.2. The minimum absolute atomic E-state index is 0.0697. The number of aromatic nitrogens is 1. The minimum Gasteiger partial charge on any atom is -0.361 e. The lowest BCUT2D eigenvalue weighted by Crippen LogP contribution is -1.96. The smallest absolute Gasteiger partial charge is 0.278 e. The van der Waals surface area contributed by atoms with Gasteiger partial charge in [-0.2, -0.15) is 0 Å². The molecule has 0 spiro atoms. The third-order valence-corrected chi connectivity index (χ3v) is 3.41. The highest BCUT2D eigenvalue weighted by atomic mass is 35.5. The summed E-state index contributed by atoms with van der Waals surface area (Å²) in [5.41, 5.74) is 1.87. The molecule has 114 valence electrons. The van der Waals surface area contributed by atoms with Crippen LogP contribution in [0.15, 0.2) is 30.1 Å². The average molecular weight is 322 g/mol. The van der Waals surface area contributed by atoms with Crippen molar-refractivity contribution in [1.82, 2.24) is 4.98 Å². The number of hydrogen-bond donors (Lipinski definition) is 1. The second-order valence-corrected chi connectivity index (χ2v) is 5.16. The molecule has 0 unspecified atom stereocenters. The molecular formula is C14H12ClN3O4. The molecule has 0 aliphatic heterocycles. The number of aryl methyl sites for hydroxylation is 1. The van der Waals surface area contributed by atoms with Crippen LogP contribution in [0.4, 0.5) is 5.69 Å². The quantitative estimate of drug-likeness (QED) is 0.673. The summed E-state index contributed by atoms with van der Waals surface area (Å²) < 4.78 is 0. The minimum atomic E-state index is -0.526. The van der Waals surface area contributed by atoms with Gasteiger partial charge in [-0.3, -0.25) is 20.2 Å². The largest absolute Gasteiger partial charge is 0.361 e. The Balaban J connectivity index is 2.69. The van der Waals surface area contributed by atoms with Crippen LogP contribution in [-0.2, 0) is 0 Å². The van der Waals surface area contributed by atoms with E-state index in [9.17, 15) is 20.2 Å². The first-order valence-electron chi connectivity index (χ1n) is 6.26. The van der Waals surface area contributed by atoms with E-state index in [-0.39, 0.29) is 16.4 Å². The van der Waals surface area contributed by atoms with E-state index in [0.717, 1.165) is 5.56 Å². The number of nitro benzene ring substituents is 1. The van der Waals surface area contributed by atoms with E-state index in [1.807, 2.05) is 0 Å². The molecule has 0 saturated carbocycles. The van der Waals surface area contributed by atoms with Gasteiger partial charge in [0.2, 0.25) is 5.70 Å². The molecule has 2 rings (SSSR count). The van der Waals surface area contributed by atoms with E-state index in [4.69, 9.17) is 11.6 Å². The second kappa shape index (κ2) is 5.98. The summed E-state index contributed by atoms with van der Waals surface area (Å²) in [5, 5.41) is 22.3. The van der Waals surface area contributed by atoms with Crippen molar-refractivity contribution in [2.24, 2.45) is 0 Å². The van der Waals surface area contributed by atoms with Crippen LogP contribution < -0.4 is 0 Å². The molecule has 1 aromatic heterocycles. The topological polar surface area (TPSA) is 102 Å². The van der Waals surface area contributed by atoms with Crippen LogP contribution in [-0.4, -0.2) is 14.8 Å². The molecule has 0 aliphatic carbocycles. The lowest BCUT2D eigenvalue weighted by molar-refractivity contribution is -0.422. The van der Waals surface area contributed by atoms with Crippen molar-refractivity contribution in [2.45, 2.75) is 13.8 Å². The maximum Gasteiger partial charge on any atom is 0.278 e. The summed E-state index contributed by atoms with van der Waals surface area (Å²) >= 11 is 5.81. The number of benzene rings is 1. The molecular weight excluding hydrogens is 310 g/mol. The van der Waals surface area contributed by atoms with E-state index in [1.165, 1.54) is 25.1 Å². The van der Waals surface area contributed by atoms with Crippen LogP contribution in [0.2, 0.25) is 5.02 Å². The molecule has 0 saturated heterocycles. The Morgan fingerprint density at radius 1 is 1.32 bits per heavy atom. The first kappa shape index (κ1) is 15.7. The van der Waals surface area contributed by atoms with Crippen molar-refractivity contribution >= 4 is 23.4 Å². The highest BCUT2D eigenvalue weighted by Crippen LogP contribution is 2.37. The van der Waals surface area contributed by atoms with E-state index < -0.39 is 9.85 Å². The number of allylic oxidation sites excluding steroid dienone is 1. The van der Waals surface area contributed by atoms with E-state index >= 15 is 0 Å². The van der Waals surface area contributed by atoms with Gasteiger partial charge in [0.15, 0.2) is 0 Å². The molecule has 0 bridgehead atoms. The fourth-order valence-electron chi connectivity index (χ4n) is 2.14. The fourth-order valence-corrected chi connectivity index (χ4v) is 2.31. The summed E-state index contributed by atoms with van der Waals surface area (Å²) in [6.07, 6.45) is 2.99. The van der Waals surface area contributed by atoms with Gasteiger partial charge in [-0.15, -0.1) is 0 Å². The zero-order chi connectivity index (χ0) is 16.4. The second-order valence-electron chi connectivity index (χ2n) is 4.72. The Bertz CT molecular complexity index is 795. The van der Waals surface area contributed by atoms with Crippen LogP contribution in [0.1, 0.15) is 18.2 Å². The van der Waals surface area contributed by atoms with Gasteiger partial charge in [-0.05, 0) is 24.6 Å². The normalized spacial score (nSPS) is 11.5. The van der Waals surface area contributed by atoms with Crippen LogP contribution in [0.5, 0.6) is 0 Å². The zero-order valence-electron chi connectivity index (χ0n) is 11.8. The van der Waals surface area contributed by atoms with Crippen molar-refractivity contribution in [3.05, 3.63) is 66.6 Å². The lowest BCUT2D eigenvalue weighted by Gasteiger charge is -2.05. The number of nitrogens with zero attached hydrogens (tertiary/aromatic N) is 2. The number of aromatic amines is 1. The summed E-state index contributed by atoms with van der Waals surface area (Å²) in [7, 11) is 0. The predicted molar refractivity (Wildman–Crippen MR) is 83.3 cm³/mol. The van der Waals surface area contributed by atoms with Crippen LogP contribution in [0.25, 0.3) is 17.2 Å². The molecule has 7 nitrogen and oxygen atoms in total. The SMILES string of the molecule is C/C(=C\c1[nH]cc(C)c1-c1ccc(Cl)cc1[N+](=O)[O-])[N+](=O)[O-]. The molecule has 1 heterocycles. The number of nitro groups is 2. The van der Waals surface area contributed by atoms with Gasteiger partial charge in [0.25, 0.3) is 5.69 Å². The average Bonchev–Trinajstić information content (AvgIpc) is 2.79. The van der Waals surface area contributed by atoms with Crippen molar-refractivity contribution in [3.8, 4) is 11.1 Å². The Morgan fingerprint density at radius 3 is 2.59 bits per heavy atom. The van der Waals surface area contributed by atoms with Crippen LogP contribution in [0.3, 0.4) is 0 Å². The summed E-state index contributed by atoms with van der Waals surface area (Å²) in [6, 6.07) is 4.34. The van der Waals surface area contributed by atoms with E-state index in [1.54, 1.807) is 19.2 Å². The van der Waals surface area contributed by atoms with Gasteiger partial charge in [0.05, 0.1) is 21.1 Å². The molecule has 8 heteroatoms. The van der Waals surface area contributed by atoms with Crippen molar-refractivity contribution in [1.29, 1.82) is 0 Å². The Labute approximate surface area is 130 Å². The highest BCUT2D eigenvalue weighted by molar-refractivity contribution is 6.31. The maximum atomic E-state index is 11.2. The number of hydrogen-bond acceptors (Lipinski definition) is 4. The zero-order valence-corrected chi connectivity index (χ0v) is 12.5. The molecule has 1 N–H and O–H groups in total. The standard InChI is InChI=1S/C14H12ClN3O4/c1-8-7-16-12(5-9(2)17(19)20)14(8)11-4-3-10(15)6-13(11)18(21)22/h3-7,16H,1-2H3/b9-5+. The molecule has 0 amide bonds. The highest BCUT2D eigenvalue weighted by Gasteiger charge is 2.21. The number of nitrogens with one attached hydrogen (secondary N) is 1. The summed E-state index contributed by atoms with van der Waals surface area (Å²) in [6.45, 7) is 3.12. The van der Waals surface area contributed by atoms with E-state index in [2.05, 4.69) is 4.98 Å². The molecule has 0 radical (unpaired) electrons. The number of rotatable bonds is 4. The van der Waals surface area contributed by atoms with E-state index in [0.29, 0.717) is 16.8 Å². The Kier molecular flexibility index (Phi) is 4.27. The molecule has 22 heavy (non-hydrogen) atoms. The predicted octanol–water partition coefficient (Wildman–Crippen LogP) is 4.19. The van der Waals surface area contributed by atoms with Crippen molar-refractivity contribution in [3.63, 3.8) is 0 Å². The third-order valence-electron chi connectivity index (χ3n) is 3.17. The number of halogens is 1.